The van der Waals surface area contributed by atoms with E-state index in [9.17, 15) is 22.0 Å². The Morgan fingerprint density at radius 2 is 1.75 bits per heavy atom. The lowest BCUT2D eigenvalue weighted by molar-refractivity contribution is -0.136. The molecule has 1 aliphatic rings. The van der Waals surface area contributed by atoms with Crippen molar-refractivity contribution in [2.24, 2.45) is 5.92 Å². The summed E-state index contributed by atoms with van der Waals surface area (Å²) in [6.07, 6.45) is -0.397. The number of allylic oxidation sites excluding steroid dienone is 1. The van der Waals surface area contributed by atoms with Gasteiger partial charge in [-0.05, 0) is 43.4 Å². The quantitative estimate of drug-likeness (QED) is 0.599. The highest BCUT2D eigenvalue weighted by Crippen LogP contribution is 2.34. The lowest BCUT2D eigenvalue weighted by Crippen LogP contribution is -2.09. The van der Waals surface area contributed by atoms with Crippen molar-refractivity contribution in [1.29, 1.82) is 0 Å². The zero-order valence-corrected chi connectivity index (χ0v) is 14.4. The number of alkyl halides is 2. The van der Waals surface area contributed by atoms with Crippen LogP contribution in [0.2, 0.25) is 0 Å². The van der Waals surface area contributed by atoms with E-state index in [0.717, 1.165) is 6.26 Å². The SMILES string of the molecule is CCOC(=O)/C(=C/[C@H]1C[C@@H](F)[C@@H](F)C1)c1ccc(S(C)(=O)=O)cc1. The van der Waals surface area contributed by atoms with E-state index in [-0.39, 0.29) is 29.9 Å². The molecule has 0 saturated heterocycles. The van der Waals surface area contributed by atoms with Crippen molar-refractivity contribution in [3.63, 3.8) is 0 Å². The highest BCUT2D eigenvalue weighted by atomic mass is 32.2. The summed E-state index contributed by atoms with van der Waals surface area (Å²) in [6.45, 7) is 1.83. The fourth-order valence-electron chi connectivity index (χ4n) is 2.71. The van der Waals surface area contributed by atoms with Gasteiger partial charge in [-0.15, -0.1) is 0 Å². The number of carbonyl (C=O) groups excluding carboxylic acids is 1. The van der Waals surface area contributed by atoms with Gasteiger partial charge in [-0.1, -0.05) is 18.2 Å². The zero-order valence-electron chi connectivity index (χ0n) is 13.5. The minimum Gasteiger partial charge on any atom is -0.462 e. The summed E-state index contributed by atoms with van der Waals surface area (Å²) < 4.78 is 54.8. The van der Waals surface area contributed by atoms with E-state index >= 15 is 0 Å². The van der Waals surface area contributed by atoms with Gasteiger partial charge in [0.1, 0.15) is 12.3 Å². The van der Waals surface area contributed by atoms with Crippen molar-refractivity contribution in [2.75, 3.05) is 12.9 Å². The first-order valence-corrected chi connectivity index (χ1v) is 9.59. The lowest BCUT2D eigenvalue weighted by Gasteiger charge is -2.11. The van der Waals surface area contributed by atoms with E-state index in [0.29, 0.717) is 5.56 Å². The number of rotatable bonds is 5. The van der Waals surface area contributed by atoms with Gasteiger partial charge < -0.3 is 4.74 Å². The molecular weight excluding hydrogens is 338 g/mol. The van der Waals surface area contributed by atoms with E-state index < -0.39 is 34.1 Å². The molecule has 0 N–H and O–H groups in total. The van der Waals surface area contributed by atoms with E-state index in [2.05, 4.69) is 0 Å². The van der Waals surface area contributed by atoms with Crippen LogP contribution >= 0.6 is 0 Å². The van der Waals surface area contributed by atoms with Crippen LogP contribution in [-0.4, -0.2) is 39.6 Å². The fourth-order valence-corrected chi connectivity index (χ4v) is 3.34. The van der Waals surface area contributed by atoms with Gasteiger partial charge in [-0.25, -0.2) is 22.0 Å². The molecule has 0 aliphatic heterocycles. The van der Waals surface area contributed by atoms with Gasteiger partial charge in [0.05, 0.1) is 17.1 Å². The normalized spacial score (nSPS) is 24.8. The molecule has 132 valence electrons. The molecule has 24 heavy (non-hydrogen) atoms. The molecule has 0 aromatic heterocycles. The van der Waals surface area contributed by atoms with E-state index in [1.165, 1.54) is 30.3 Å². The summed E-state index contributed by atoms with van der Waals surface area (Å²) in [5.74, 6) is -0.994. The molecule has 1 aliphatic carbocycles. The molecule has 0 spiro atoms. The standard InChI is InChI=1S/C17H20F2O4S/c1-3-23-17(20)14(8-11-9-15(18)16(19)10-11)12-4-6-13(7-5-12)24(2,21)22/h4-8,11,15-16H,3,9-10H2,1-2H3/b14-8+/t11-,15+,16-. The van der Waals surface area contributed by atoms with Crippen LogP contribution in [0.3, 0.4) is 0 Å². The second-order valence-corrected chi connectivity index (χ2v) is 7.88. The molecule has 4 nitrogen and oxygen atoms in total. The molecule has 3 atom stereocenters. The number of ether oxygens (including phenoxy) is 1. The van der Waals surface area contributed by atoms with Crippen LogP contribution in [0.5, 0.6) is 0 Å². The number of carbonyl (C=O) groups is 1. The summed E-state index contributed by atoms with van der Waals surface area (Å²) in [5.41, 5.74) is 0.654. The molecule has 0 radical (unpaired) electrons. The number of benzene rings is 1. The van der Waals surface area contributed by atoms with Crippen molar-refractivity contribution in [1.82, 2.24) is 0 Å². The largest absolute Gasteiger partial charge is 0.462 e. The number of hydrogen-bond acceptors (Lipinski definition) is 4. The minimum absolute atomic E-state index is 0.0193. The van der Waals surface area contributed by atoms with Gasteiger partial charge >= 0.3 is 5.97 Å². The number of hydrogen-bond donors (Lipinski definition) is 0. The summed E-state index contributed by atoms with van der Waals surface area (Å²) in [6, 6.07) is 5.77. The lowest BCUT2D eigenvalue weighted by atomic mass is 9.98. The fraction of sp³-hybridized carbons (Fsp3) is 0.471. The maximum absolute atomic E-state index is 13.4. The predicted molar refractivity (Wildman–Crippen MR) is 86.7 cm³/mol. The van der Waals surface area contributed by atoms with Crippen molar-refractivity contribution >= 4 is 21.4 Å². The summed E-state index contributed by atoms with van der Waals surface area (Å²) in [7, 11) is -3.35. The average Bonchev–Trinajstić information content (AvgIpc) is 2.82. The maximum atomic E-state index is 13.4. The van der Waals surface area contributed by atoms with Crippen LogP contribution in [0.4, 0.5) is 8.78 Å². The second-order valence-electron chi connectivity index (χ2n) is 5.86. The molecule has 0 amide bonds. The van der Waals surface area contributed by atoms with Crippen LogP contribution < -0.4 is 0 Å². The van der Waals surface area contributed by atoms with Crippen LogP contribution in [-0.2, 0) is 19.4 Å². The summed E-state index contributed by atoms with van der Waals surface area (Å²) >= 11 is 0. The first-order valence-electron chi connectivity index (χ1n) is 7.70. The topological polar surface area (TPSA) is 60.4 Å². The first-order chi connectivity index (χ1) is 11.2. The Kier molecular flexibility index (Phi) is 5.74. The number of esters is 1. The first kappa shape index (κ1) is 18.6. The molecule has 1 saturated carbocycles. The number of halogens is 2. The third-order valence-electron chi connectivity index (χ3n) is 3.94. The third kappa shape index (κ3) is 4.41. The van der Waals surface area contributed by atoms with Gasteiger partial charge in [0.2, 0.25) is 0 Å². The molecule has 1 aromatic rings. The van der Waals surface area contributed by atoms with E-state index in [1.54, 1.807) is 6.92 Å². The minimum atomic E-state index is -3.35. The van der Waals surface area contributed by atoms with Crippen LogP contribution in [0.15, 0.2) is 35.2 Å². The molecular formula is C17H20F2O4S. The molecule has 0 heterocycles. The molecule has 7 heteroatoms. The van der Waals surface area contributed by atoms with Gasteiger partial charge in [0.25, 0.3) is 0 Å². The Bertz CT molecular complexity index is 715. The van der Waals surface area contributed by atoms with Gasteiger partial charge in [0, 0.05) is 6.26 Å². The molecule has 0 bridgehead atoms. The van der Waals surface area contributed by atoms with Crippen molar-refractivity contribution in [3.8, 4) is 0 Å². The molecule has 1 aromatic carbocycles. The van der Waals surface area contributed by atoms with E-state index in [4.69, 9.17) is 4.74 Å². The second kappa shape index (κ2) is 7.42. The van der Waals surface area contributed by atoms with Crippen LogP contribution in [0.25, 0.3) is 5.57 Å². The van der Waals surface area contributed by atoms with Crippen LogP contribution in [0.1, 0.15) is 25.3 Å². The molecule has 0 unspecified atom stereocenters. The van der Waals surface area contributed by atoms with Gasteiger partial charge in [-0.3, -0.25) is 0 Å². The van der Waals surface area contributed by atoms with Crippen LogP contribution in [0, 0.1) is 5.92 Å². The Hall–Kier alpha value is -1.76. The smallest absolute Gasteiger partial charge is 0.338 e. The predicted octanol–water partition coefficient (Wildman–Crippen LogP) is 3.12. The van der Waals surface area contributed by atoms with Crippen molar-refractivity contribution in [3.05, 3.63) is 35.9 Å². The third-order valence-corrected chi connectivity index (χ3v) is 5.07. The Labute approximate surface area is 140 Å². The Morgan fingerprint density at radius 1 is 1.21 bits per heavy atom. The highest BCUT2D eigenvalue weighted by Gasteiger charge is 2.34. The summed E-state index contributed by atoms with van der Waals surface area (Å²) in [5, 5.41) is 0. The van der Waals surface area contributed by atoms with Gasteiger partial charge in [-0.2, -0.15) is 0 Å². The Balaban J connectivity index is 2.34. The summed E-state index contributed by atoms with van der Waals surface area (Å²) in [4.78, 5) is 12.3. The molecule has 2 rings (SSSR count). The van der Waals surface area contributed by atoms with Crippen molar-refractivity contribution in [2.45, 2.75) is 37.0 Å². The highest BCUT2D eigenvalue weighted by molar-refractivity contribution is 7.90. The maximum Gasteiger partial charge on any atom is 0.338 e. The number of sulfone groups is 1. The average molecular weight is 358 g/mol. The molecule has 1 fully saturated rings. The van der Waals surface area contributed by atoms with E-state index in [1.807, 2.05) is 0 Å². The zero-order chi connectivity index (χ0) is 17.9. The Morgan fingerprint density at radius 3 is 2.21 bits per heavy atom. The monoisotopic (exact) mass is 358 g/mol. The van der Waals surface area contributed by atoms with Gasteiger partial charge in [0.15, 0.2) is 9.84 Å². The van der Waals surface area contributed by atoms with Crippen molar-refractivity contribution < 1.29 is 26.7 Å².